The molecule has 2 heterocycles. The highest BCUT2D eigenvalue weighted by Gasteiger charge is 2.31. The second-order valence-corrected chi connectivity index (χ2v) is 9.34. The molecule has 3 aliphatic rings. The number of nitrogens with one attached hydrogen (secondary N) is 2. The average molecular weight is 420 g/mol. The molecule has 0 saturated carbocycles. The number of benzene rings is 1. The number of halogens is 1. The van der Waals surface area contributed by atoms with Crippen LogP contribution in [0.2, 0.25) is 0 Å². The molecule has 0 fully saturated rings. The molecule has 0 spiro atoms. The summed E-state index contributed by atoms with van der Waals surface area (Å²) in [5.74, 6) is -0.0578. The van der Waals surface area contributed by atoms with Crippen molar-refractivity contribution in [1.82, 2.24) is 14.5 Å². The fourth-order valence-corrected chi connectivity index (χ4v) is 5.55. The first-order chi connectivity index (χ1) is 13.9. The predicted molar refractivity (Wildman–Crippen MR) is 102 cm³/mol. The van der Waals surface area contributed by atoms with E-state index in [9.17, 15) is 17.6 Å². The Balaban J connectivity index is 1.37. The number of urea groups is 1. The zero-order valence-electron chi connectivity index (χ0n) is 15.7. The fourth-order valence-electron chi connectivity index (χ4n) is 4.57. The quantitative estimate of drug-likeness (QED) is 0.792. The van der Waals surface area contributed by atoms with E-state index >= 15 is 0 Å². The van der Waals surface area contributed by atoms with Crippen LogP contribution in [0.5, 0.6) is 5.88 Å². The lowest BCUT2D eigenvalue weighted by Gasteiger charge is -2.19. The van der Waals surface area contributed by atoms with Crippen LogP contribution in [0.4, 0.5) is 14.9 Å². The molecule has 10 heteroatoms. The number of rotatable bonds is 3. The third kappa shape index (κ3) is 3.15. The maximum absolute atomic E-state index is 13.4. The molecule has 1 unspecified atom stereocenters. The van der Waals surface area contributed by atoms with Crippen LogP contribution < -0.4 is 14.8 Å². The van der Waals surface area contributed by atoms with Gasteiger partial charge in [-0.25, -0.2) is 27.0 Å². The van der Waals surface area contributed by atoms with E-state index in [2.05, 4.69) is 10.4 Å². The Kier molecular flexibility index (Phi) is 4.27. The molecule has 1 aromatic carbocycles. The molecule has 154 valence electrons. The molecular formula is C19H21FN4O4S. The van der Waals surface area contributed by atoms with Gasteiger partial charge in [0, 0.05) is 5.69 Å². The van der Waals surface area contributed by atoms with Crippen LogP contribution in [0.3, 0.4) is 0 Å². The van der Waals surface area contributed by atoms with E-state index in [-0.39, 0.29) is 23.9 Å². The highest BCUT2D eigenvalue weighted by molar-refractivity contribution is 7.90. The molecule has 0 bridgehead atoms. The smallest absolute Gasteiger partial charge is 0.333 e. The van der Waals surface area contributed by atoms with Gasteiger partial charge in [0.2, 0.25) is 5.88 Å². The fraction of sp³-hybridized carbons (Fsp3) is 0.474. The second-order valence-electron chi connectivity index (χ2n) is 7.69. The van der Waals surface area contributed by atoms with Gasteiger partial charge in [0.05, 0.1) is 12.7 Å². The van der Waals surface area contributed by atoms with Crippen molar-refractivity contribution in [3.05, 3.63) is 34.5 Å². The Bertz CT molecular complexity index is 1110. The number of aryl methyl sites for hydroxylation is 1. The number of alkyl halides is 1. The molecule has 1 aliphatic heterocycles. The zero-order chi connectivity index (χ0) is 20.2. The minimum absolute atomic E-state index is 0.0578. The van der Waals surface area contributed by atoms with E-state index in [1.54, 1.807) is 0 Å². The highest BCUT2D eigenvalue weighted by Crippen LogP contribution is 2.38. The lowest BCUT2D eigenvalue weighted by atomic mass is 9.98. The number of nitrogens with zero attached hydrogens (tertiary/aromatic N) is 2. The molecule has 29 heavy (non-hydrogen) atoms. The summed E-state index contributed by atoms with van der Waals surface area (Å²) in [6.07, 6.45) is 5.89. The van der Waals surface area contributed by atoms with Gasteiger partial charge < -0.3 is 10.1 Å². The number of amides is 2. The van der Waals surface area contributed by atoms with Crippen molar-refractivity contribution >= 4 is 21.7 Å². The van der Waals surface area contributed by atoms with Gasteiger partial charge >= 0.3 is 6.03 Å². The van der Waals surface area contributed by atoms with Gasteiger partial charge in [-0.05, 0) is 66.8 Å². The molecule has 2 aliphatic carbocycles. The van der Waals surface area contributed by atoms with E-state index < -0.39 is 22.2 Å². The Morgan fingerprint density at radius 1 is 1.17 bits per heavy atom. The number of sulfonamides is 1. The van der Waals surface area contributed by atoms with Gasteiger partial charge in [-0.2, -0.15) is 5.10 Å². The van der Waals surface area contributed by atoms with Crippen LogP contribution >= 0.6 is 0 Å². The van der Waals surface area contributed by atoms with E-state index in [0.29, 0.717) is 5.69 Å². The maximum atomic E-state index is 13.4. The van der Waals surface area contributed by atoms with Crippen LogP contribution in [-0.4, -0.2) is 37.0 Å². The average Bonchev–Trinajstić information content (AvgIpc) is 3.39. The Morgan fingerprint density at radius 2 is 1.93 bits per heavy atom. The van der Waals surface area contributed by atoms with E-state index in [1.807, 2.05) is 10.8 Å². The van der Waals surface area contributed by atoms with Crippen LogP contribution in [0.25, 0.3) is 0 Å². The zero-order valence-corrected chi connectivity index (χ0v) is 16.5. The molecule has 1 aromatic heterocycles. The third-order valence-electron chi connectivity index (χ3n) is 5.78. The normalized spacial score (nSPS) is 19.8. The molecule has 0 radical (unpaired) electrons. The lowest BCUT2D eigenvalue weighted by molar-refractivity contribution is 0.122. The standard InChI is InChI=1S/C19H21FN4O4S/c20-12-9-24-18(28-10-12)17(8-21-24)29(26,27)23-19(25)22-16-7-11-3-1-4-13(11)14-5-2-6-15(14)16/h7-8,12H,1-6,9-10H2,(H2,22,23,25). The first-order valence-electron chi connectivity index (χ1n) is 9.75. The summed E-state index contributed by atoms with van der Waals surface area (Å²) < 4.78 is 47.1. The summed E-state index contributed by atoms with van der Waals surface area (Å²) >= 11 is 0. The van der Waals surface area contributed by atoms with Crippen molar-refractivity contribution in [3.8, 4) is 5.88 Å². The Labute approximate surface area is 167 Å². The number of carbonyl (C=O) groups excluding carboxylic acids is 1. The van der Waals surface area contributed by atoms with Crippen molar-refractivity contribution in [1.29, 1.82) is 0 Å². The first kappa shape index (κ1) is 18.4. The van der Waals surface area contributed by atoms with Crippen molar-refractivity contribution in [2.45, 2.75) is 56.1 Å². The summed E-state index contributed by atoms with van der Waals surface area (Å²) in [6.45, 7) is -0.333. The minimum Gasteiger partial charge on any atom is -0.474 e. The number of ether oxygens (including phenoxy) is 1. The van der Waals surface area contributed by atoms with Crippen LogP contribution in [0, 0.1) is 0 Å². The Hall–Kier alpha value is -2.62. The molecular weight excluding hydrogens is 399 g/mol. The van der Waals surface area contributed by atoms with E-state index in [0.717, 1.165) is 55.0 Å². The topological polar surface area (TPSA) is 102 Å². The molecule has 8 nitrogen and oxygen atoms in total. The summed E-state index contributed by atoms with van der Waals surface area (Å²) in [5, 5.41) is 6.57. The van der Waals surface area contributed by atoms with Gasteiger partial charge in [0.1, 0.15) is 6.61 Å². The van der Waals surface area contributed by atoms with Crippen LogP contribution in [0.15, 0.2) is 17.2 Å². The molecule has 2 amide bonds. The lowest BCUT2D eigenvalue weighted by Crippen LogP contribution is -2.35. The minimum atomic E-state index is -4.21. The van der Waals surface area contributed by atoms with Gasteiger partial charge in [-0.15, -0.1) is 0 Å². The van der Waals surface area contributed by atoms with Crippen molar-refractivity contribution in [3.63, 3.8) is 0 Å². The van der Waals surface area contributed by atoms with E-state index in [4.69, 9.17) is 4.74 Å². The predicted octanol–water partition coefficient (Wildman–Crippen LogP) is 2.10. The number of carbonyl (C=O) groups is 1. The highest BCUT2D eigenvalue weighted by atomic mass is 32.2. The second kappa shape index (κ2) is 6.72. The summed E-state index contributed by atoms with van der Waals surface area (Å²) in [4.78, 5) is 12.2. The maximum Gasteiger partial charge on any atom is 0.333 e. The summed E-state index contributed by atoms with van der Waals surface area (Å²) in [5.41, 5.74) is 5.76. The Morgan fingerprint density at radius 3 is 2.79 bits per heavy atom. The third-order valence-corrected chi connectivity index (χ3v) is 7.10. The molecule has 5 rings (SSSR count). The van der Waals surface area contributed by atoms with Crippen molar-refractivity contribution in [2.24, 2.45) is 0 Å². The summed E-state index contributed by atoms with van der Waals surface area (Å²) in [7, 11) is -4.21. The number of anilines is 1. The monoisotopic (exact) mass is 420 g/mol. The van der Waals surface area contributed by atoms with Gasteiger partial charge in [0.25, 0.3) is 10.0 Å². The van der Waals surface area contributed by atoms with E-state index in [1.165, 1.54) is 16.7 Å². The number of hydrogen-bond acceptors (Lipinski definition) is 5. The first-order valence-corrected chi connectivity index (χ1v) is 11.2. The van der Waals surface area contributed by atoms with Gasteiger partial charge in [0.15, 0.2) is 11.1 Å². The SMILES string of the molecule is O=C(Nc1cc2c(c3c1CCC3)CCC2)NS(=O)(=O)c1cnn2c1OCC(F)C2. The molecule has 1 atom stereocenters. The number of fused-ring (bicyclic) bond motifs is 4. The molecule has 2 aromatic rings. The number of aromatic nitrogens is 2. The summed E-state index contributed by atoms with van der Waals surface area (Å²) in [6, 6.07) is 1.14. The van der Waals surface area contributed by atoms with Gasteiger partial charge in [-0.1, -0.05) is 0 Å². The van der Waals surface area contributed by atoms with Crippen LogP contribution in [0.1, 0.15) is 35.1 Å². The van der Waals surface area contributed by atoms with Crippen molar-refractivity contribution in [2.75, 3.05) is 11.9 Å². The largest absolute Gasteiger partial charge is 0.474 e. The van der Waals surface area contributed by atoms with Crippen LogP contribution in [-0.2, 0) is 42.3 Å². The van der Waals surface area contributed by atoms with Gasteiger partial charge in [-0.3, -0.25) is 0 Å². The molecule has 0 saturated heterocycles. The number of hydrogen-bond donors (Lipinski definition) is 2. The van der Waals surface area contributed by atoms with Crippen molar-refractivity contribution < 1.29 is 22.3 Å². The molecule has 2 N–H and O–H groups in total.